The van der Waals surface area contributed by atoms with Gasteiger partial charge in [-0.2, -0.15) is 4.37 Å². The predicted molar refractivity (Wildman–Crippen MR) is 65.7 cm³/mol. The van der Waals surface area contributed by atoms with Crippen molar-refractivity contribution in [1.29, 1.82) is 0 Å². The van der Waals surface area contributed by atoms with E-state index in [2.05, 4.69) is 21.6 Å². The lowest BCUT2D eigenvalue weighted by Crippen LogP contribution is -2.30. The van der Waals surface area contributed by atoms with E-state index in [-0.39, 0.29) is 6.10 Å². The summed E-state index contributed by atoms with van der Waals surface area (Å²) in [5.41, 5.74) is 0. The number of rotatable bonds is 4. The van der Waals surface area contributed by atoms with Crippen molar-refractivity contribution in [2.24, 2.45) is 5.92 Å². The van der Waals surface area contributed by atoms with Crippen LogP contribution in [-0.2, 0) is 6.42 Å². The molecule has 0 aromatic carbocycles. The smallest absolute Gasteiger partial charge is 0.202 e. The second-order valence-corrected chi connectivity index (χ2v) is 5.11. The molecule has 5 heteroatoms. The lowest BCUT2D eigenvalue weighted by molar-refractivity contribution is 0.0763. The summed E-state index contributed by atoms with van der Waals surface area (Å²) in [5, 5.41) is 14.0. The lowest BCUT2D eigenvalue weighted by atomic mass is 9.86. The van der Waals surface area contributed by atoms with Gasteiger partial charge in [0.1, 0.15) is 5.82 Å². The first-order chi connectivity index (χ1) is 7.79. The molecule has 1 aromatic rings. The molecule has 0 radical (unpaired) electrons. The molecule has 90 valence electrons. The zero-order chi connectivity index (χ0) is 11.4. The van der Waals surface area contributed by atoms with Gasteiger partial charge in [0.05, 0.1) is 6.10 Å². The molecule has 1 saturated carbocycles. The number of aromatic nitrogens is 2. The van der Waals surface area contributed by atoms with E-state index in [0.29, 0.717) is 5.92 Å². The number of nitrogens with one attached hydrogen (secondary N) is 1. The van der Waals surface area contributed by atoms with Crippen molar-refractivity contribution in [3.8, 4) is 0 Å². The van der Waals surface area contributed by atoms with Crippen molar-refractivity contribution in [3.63, 3.8) is 0 Å². The molecule has 1 fully saturated rings. The summed E-state index contributed by atoms with van der Waals surface area (Å²) in [6, 6.07) is 0. The van der Waals surface area contributed by atoms with Crippen LogP contribution in [0.5, 0.6) is 0 Å². The summed E-state index contributed by atoms with van der Waals surface area (Å²) >= 11 is 1.41. The first-order valence-corrected chi connectivity index (χ1v) is 6.81. The monoisotopic (exact) mass is 241 g/mol. The Kier molecular flexibility index (Phi) is 4.12. The Hall–Kier alpha value is -0.680. The molecule has 1 aromatic heterocycles. The van der Waals surface area contributed by atoms with Crippen LogP contribution in [0.15, 0.2) is 0 Å². The van der Waals surface area contributed by atoms with Crippen molar-refractivity contribution >= 4 is 16.7 Å². The summed E-state index contributed by atoms with van der Waals surface area (Å²) < 4.78 is 4.22. The van der Waals surface area contributed by atoms with Gasteiger partial charge >= 0.3 is 0 Å². The molecule has 4 nitrogen and oxygen atoms in total. The maximum atomic E-state index is 9.83. The zero-order valence-electron chi connectivity index (χ0n) is 9.65. The van der Waals surface area contributed by atoms with Crippen LogP contribution in [0.3, 0.4) is 0 Å². The third-order valence-corrected chi connectivity index (χ3v) is 3.88. The third kappa shape index (κ3) is 2.92. The topological polar surface area (TPSA) is 58.0 Å². The minimum absolute atomic E-state index is 0.139. The van der Waals surface area contributed by atoms with Crippen LogP contribution < -0.4 is 5.32 Å². The predicted octanol–water partition coefficient (Wildman–Crippen LogP) is 2.06. The highest BCUT2D eigenvalue weighted by atomic mass is 32.1. The third-order valence-electron chi connectivity index (χ3n) is 3.17. The van der Waals surface area contributed by atoms with Gasteiger partial charge in [-0.15, -0.1) is 0 Å². The minimum atomic E-state index is -0.139. The number of aliphatic hydroxyl groups is 1. The highest BCUT2D eigenvalue weighted by molar-refractivity contribution is 7.09. The first kappa shape index (κ1) is 11.8. The van der Waals surface area contributed by atoms with Crippen LogP contribution in [0.4, 0.5) is 5.13 Å². The number of aliphatic hydroxyl groups excluding tert-OH is 1. The van der Waals surface area contributed by atoms with Gasteiger partial charge in [0.15, 0.2) is 0 Å². The largest absolute Gasteiger partial charge is 0.393 e. The van der Waals surface area contributed by atoms with Gasteiger partial charge in [0.25, 0.3) is 0 Å². The van der Waals surface area contributed by atoms with Crippen molar-refractivity contribution in [1.82, 2.24) is 9.36 Å². The molecule has 2 atom stereocenters. The first-order valence-electron chi connectivity index (χ1n) is 6.04. The van der Waals surface area contributed by atoms with E-state index in [1.165, 1.54) is 18.0 Å². The molecule has 0 aliphatic heterocycles. The highest BCUT2D eigenvalue weighted by Crippen LogP contribution is 2.24. The number of nitrogens with zero attached hydrogens (tertiary/aromatic N) is 2. The Labute approximate surface area is 100 Å². The molecular weight excluding hydrogens is 222 g/mol. The van der Waals surface area contributed by atoms with Gasteiger partial charge in [-0.3, -0.25) is 0 Å². The van der Waals surface area contributed by atoms with Crippen molar-refractivity contribution in [2.75, 3.05) is 11.9 Å². The van der Waals surface area contributed by atoms with Gasteiger partial charge < -0.3 is 10.4 Å². The van der Waals surface area contributed by atoms with Crippen LogP contribution in [0.1, 0.15) is 38.4 Å². The number of hydrogen-bond acceptors (Lipinski definition) is 5. The van der Waals surface area contributed by atoms with Crippen LogP contribution >= 0.6 is 11.5 Å². The molecular formula is C11H19N3OS. The number of anilines is 1. The Bertz CT molecular complexity index is 329. The second kappa shape index (κ2) is 5.59. The summed E-state index contributed by atoms with van der Waals surface area (Å²) in [6.45, 7) is 2.87. The number of aryl methyl sites for hydroxylation is 1. The fourth-order valence-corrected chi connectivity index (χ4v) is 2.77. The van der Waals surface area contributed by atoms with Gasteiger partial charge in [-0.1, -0.05) is 19.8 Å². The molecule has 0 saturated heterocycles. The summed E-state index contributed by atoms with van der Waals surface area (Å²) in [7, 11) is 0. The maximum Gasteiger partial charge on any atom is 0.202 e. The molecule has 16 heavy (non-hydrogen) atoms. The van der Waals surface area contributed by atoms with Gasteiger partial charge in [0, 0.05) is 30.4 Å². The van der Waals surface area contributed by atoms with Crippen LogP contribution in [-0.4, -0.2) is 27.1 Å². The summed E-state index contributed by atoms with van der Waals surface area (Å²) in [4.78, 5) is 4.35. The molecule has 2 N–H and O–H groups in total. The van der Waals surface area contributed by atoms with E-state index >= 15 is 0 Å². The lowest BCUT2D eigenvalue weighted by Gasteiger charge is -2.27. The summed E-state index contributed by atoms with van der Waals surface area (Å²) in [6.07, 6.45) is 5.20. The van der Waals surface area contributed by atoms with E-state index in [9.17, 15) is 5.11 Å². The van der Waals surface area contributed by atoms with Gasteiger partial charge in [-0.25, -0.2) is 4.98 Å². The molecule has 0 amide bonds. The SMILES string of the molecule is CCc1nsc(NCC2CCCCC2O)n1. The number of hydrogen-bond donors (Lipinski definition) is 2. The van der Waals surface area contributed by atoms with E-state index in [1.54, 1.807) is 0 Å². The average molecular weight is 241 g/mol. The molecule has 0 spiro atoms. The van der Waals surface area contributed by atoms with E-state index in [4.69, 9.17) is 0 Å². The second-order valence-electron chi connectivity index (χ2n) is 4.36. The minimum Gasteiger partial charge on any atom is -0.393 e. The Morgan fingerprint density at radius 2 is 2.25 bits per heavy atom. The zero-order valence-corrected chi connectivity index (χ0v) is 10.5. The average Bonchev–Trinajstić information content (AvgIpc) is 2.76. The van der Waals surface area contributed by atoms with Gasteiger partial charge in [-0.05, 0) is 12.8 Å². The Morgan fingerprint density at radius 3 is 2.94 bits per heavy atom. The quantitative estimate of drug-likeness (QED) is 0.847. The molecule has 1 heterocycles. The molecule has 1 aliphatic carbocycles. The van der Waals surface area contributed by atoms with Crippen molar-refractivity contribution in [2.45, 2.75) is 45.1 Å². The molecule has 1 aliphatic rings. The van der Waals surface area contributed by atoms with Crippen LogP contribution in [0, 0.1) is 5.92 Å². The molecule has 0 bridgehead atoms. The van der Waals surface area contributed by atoms with Crippen LogP contribution in [0.2, 0.25) is 0 Å². The summed E-state index contributed by atoms with van der Waals surface area (Å²) in [5.74, 6) is 1.28. The van der Waals surface area contributed by atoms with E-state index in [1.807, 2.05) is 0 Å². The normalized spacial score (nSPS) is 25.6. The standard InChI is InChI=1S/C11H19N3OS/c1-2-10-13-11(16-14-10)12-7-8-5-3-4-6-9(8)15/h8-9,15H,2-7H2,1H3,(H,12,13,14). The Balaban J connectivity index is 1.81. The highest BCUT2D eigenvalue weighted by Gasteiger charge is 2.22. The Morgan fingerprint density at radius 1 is 1.44 bits per heavy atom. The van der Waals surface area contributed by atoms with Crippen molar-refractivity contribution in [3.05, 3.63) is 5.82 Å². The van der Waals surface area contributed by atoms with E-state index in [0.717, 1.165) is 43.2 Å². The molecule has 2 rings (SSSR count). The van der Waals surface area contributed by atoms with Crippen LogP contribution in [0.25, 0.3) is 0 Å². The van der Waals surface area contributed by atoms with E-state index < -0.39 is 0 Å². The van der Waals surface area contributed by atoms with Crippen molar-refractivity contribution < 1.29 is 5.11 Å². The fraction of sp³-hybridized carbons (Fsp3) is 0.818. The molecule has 2 unspecified atom stereocenters. The fourth-order valence-electron chi connectivity index (χ4n) is 2.11. The van der Waals surface area contributed by atoms with Gasteiger partial charge in [0.2, 0.25) is 5.13 Å². The maximum absolute atomic E-state index is 9.83.